The van der Waals surface area contributed by atoms with Crippen LogP contribution in [0.5, 0.6) is 0 Å². The maximum atomic E-state index is 13.3. The van der Waals surface area contributed by atoms with Crippen LogP contribution in [0.1, 0.15) is 30.0 Å². The molecule has 0 N–H and O–H groups in total. The number of sulfonamides is 1. The molecule has 4 rings (SSSR count). The minimum Gasteiger partial charge on any atom is -0.339 e. The van der Waals surface area contributed by atoms with Crippen LogP contribution in [-0.4, -0.2) is 72.2 Å². The second-order valence-corrected chi connectivity index (χ2v) is 10.9. The van der Waals surface area contributed by atoms with Gasteiger partial charge < -0.3 is 4.90 Å². The van der Waals surface area contributed by atoms with Gasteiger partial charge in [-0.05, 0) is 31.9 Å². The van der Waals surface area contributed by atoms with E-state index in [1.807, 2.05) is 11.8 Å². The second-order valence-electron chi connectivity index (χ2n) is 7.90. The number of amides is 1. The van der Waals surface area contributed by atoms with Crippen molar-refractivity contribution < 1.29 is 13.2 Å². The molecule has 30 heavy (non-hydrogen) atoms. The predicted molar refractivity (Wildman–Crippen MR) is 117 cm³/mol. The molecule has 1 aromatic carbocycles. The molecule has 3 heterocycles. The third-order valence-corrected chi connectivity index (χ3v) is 8.57. The van der Waals surface area contributed by atoms with Crippen molar-refractivity contribution in [2.75, 3.05) is 32.7 Å². The molecule has 1 aromatic heterocycles. The van der Waals surface area contributed by atoms with E-state index in [0.717, 1.165) is 43.2 Å². The Kier molecular flexibility index (Phi) is 6.52. The van der Waals surface area contributed by atoms with Crippen LogP contribution in [-0.2, 0) is 21.4 Å². The Bertz CT molecular complexity index is 969. The lowest BCUT2D eigenvalue weighted by Crippen LogP contribution is -2.56. The molecule has 2 aliphatic heterocycles. The fourth-order valence-electron chi connectivity index (χ4n) is 4.21. The molecule has 1 atom stereocenters. The van der Waals surface area contributed by atoms with Crippen molar-refractivity contribution in [3.05, 3.63) is 46.4 Å². The van der Waals surface area contributed by atoms with Gasteiger partial charge in [-0.2, -0.15) is 4.31 Å². The first-order valence-electron chi connectivity index (χ1n) is 10.4. The first-order valence-corrected chi connectivity index (χ1v) is 12.8. The molecule has 2 saturated heterocycles. The van der Waals surface area contributed by atoms with Gasteiger partial charge in [0.25, 0.3) is 0 Å². The molecule has 0 radical (unpaired) electrons. The summed E-state index contributed by atoms with van der Waals surface area (Å²) in [5, 5.41) is 3.15. The van der Waals surface area contributed by atoms with Crippen molar-refractivity contribution in [1.29, 1.82) is 0 Å². The highest BCUT2D eigenvalue weighted by molar-refractivity contribution is 7.89. The molecule has 0 saturated carbocycles. The van der Waals surface area contributed by atoms with E-state index >= 15 is 0 Å². The molecule has 2 aliphatic rings. The van der Waals surface area contributed by atoms with Crippen molar-refractivity contribution in [3.63, 3.8) is 0 Å². The molecular formula is C21H28N4O3S2. The van der Waals surface area contributed by atoms with Gasteiger partial charge in [0, 0.05) is 44.6 Å². The summed E-state index contributed by atoms with van der Waals surface area (Å²) in [6, 6.07) is 7.84. The molecule has 7 nitrogen and oxygen atoms in total. The number of rotatable bonds is 5. The Labute approximate surface area is 182 Å². The van der Waals surface area contributed by atoms with Crippen LogP contribution in [0.15, 0.2) is 40.6 Å². The van der Waals surface area contributed by atoms with Gasteiger partial charge in [-0.15, -0.1) is 11.3 Å². The standard InChI is InChI=1S/C21H28N4O3S2/c1-17-22-18(16-29-17)15-23-11-13-24(14-12-23)21(26)20-9-5-6-10-25(20)30(27,28)19-7-3-2-4-8-19/h2-4,7-8,16,20H,5-6,9-15H2,1H3. The van der Waals surface area contributed by atoms with Crippen LogP contribution in [0, 0.1) is 6.92 Å². The number of hydrogen-bond acceptors (Lipinski definition) is 6. The predicted octanol–water partition coefficient (Wildman–Crippen LogP) is 2.34. The van der Waals surface area contributed by atoms with Gasteiger partial charge in [0.15, 0.2) is 0 Å². The molecule has 9 heteroatoms. The fraction of sp³-hybridized carbons (Fsp3) is 0.524. The highest BCUT2D eigenvalue weighted by atomic mass is 32.2. The van der Waals surface area contributed by atoms with Gasteiger partial charge >= 0.3 is 0 Å². The summed E-state index contributed by atoms with van der Waals surface area (Å²) in [6.45, 7) is 6.00. The van der Waals surface area contributed by atoms with E-state index in [-0.39, 0.29) is 10.8 Å². The molecule has 0 bridgehead atoms. The summed E-state index contributed by atoms with van der Waals surface area (Å²) in [6.07, 6.45) is 2.25. The Morgan fingerprint density at radius 2 is 1.83 bits per heavy atom. The lowest BCUT2D eigenvalue weighted by Gasteiger charge is -2.40. The number of carbonyl (C=O) groups excluding carboxylic acids is 1. The lowest BCUT2D eigenvalue weighted by molar-refractivity contribution is -0.138. The van der Waals surface area contributed by atoms with E-state index < -0.39 is 16.1 Å². The molecule has 0 aliphatic carbocycles. The third kappa shape index (κ3) is 4.59. The van der Waals surface area contributed by atoms with Gasteiger partial charge in [-0.1, -0.05) is 24.6 Å². The number of hydrogen-bond donors (Lipinski definition) is 0. The molecule has 2 aromatic rings. The monoisotopic (exact) mass is 448 g/mol. The number of carbonyl (C=O) groups is 1. The van der Waals surface area contributed by atoms with Crippen LogP contribution < -0.4 is 0 Å². The number of aryl methyl sites for hydroxylation is 1. The van der Waals surface area contributed by atoms with Crippen LogP contribution in [0.2, 0.25) is 0 Å². The zero-order valence-electron chi connectivity index (χ0n) is 17.2. The van der Waals surface area contributed by atoms with Crippen molar-refractivity contribution in [1.82, 2.24) is 19.1 Å². The summed E-state index contributed by atoms with van der Waals surface area (Å²) in [5.74, 6) is -0.0571. The third-order valence-electron chi connectivity index (χ3n) is 5.82. The Morgan fingerprint density at radius 3 is 2.50 bits per heavy atom. The maximum Gasteiger partial charge on any atom is 0.243 e. The van der Waals surface area contributed by atoms with E-state index in [0.29, 0.717) is 26.1 Å². The highest BCUT2D eigenvalue weighted by Gasteiger charge is 2.39. The molecule has 1 amide bonds. The van der Waals surface area contributed by atoms with Gasteiger partial charge in [-0.25, -0.2) is 13.4 Å². The summed E-state index contributed by atoms with van der Waals surface area (Å²) >= 11 is 1.65. The number of nitrogens with zero attached hydrogens (tertiary/aromatic N) is 4. The zero-order chi connectivity index (χ0) is 21.1. The number of thiazole rings is 1. The smallest absolute Gasteiger partial charge is 0.243 e. The first kappa shape index (κ1) is 21.4. The van der Waals surface area contributed by atoms with Crippen LogP contribution in [0.4, 0.5) is 0 Å². The van der Waals surface area contributed by atoms with Crippen molar-refractivity contribution in [2.45, 2.75) is 43.7 Å². The zero-order valence-corrected chi connectivity index (χ0v) is 18.9. The average Bonchev–Trinajstić information content (AvgIpc) is 3.19. The van der Waals surface area contributed by atoms with E-state index in [9.17, 15) is 13.2 Å². The number of piperazine rings is 1. The molecule has 1 unspecified atom stereocenters. The minimum absolute atomic E-state index is 0.0571. The summed E-state index contributed by atoms with van der Waals surface area (Å²) in [7, 11) is -3.68. The number of piperidine rings is 1. The summed E-state index contributed by atoms with van der Waals surface area (Å²) in [5.41, 5.74) is 1.07. The normalized spacial score (nSPS) is 21.6. The van der Waals surface area contributed by atoms with Gasteiger partial charge in [0.05, 0.1) is 15.6 Å². The summed E-state index contributed by atoms with van der Waals surface area (Å²) in [4.78, 5) is 22.2. The Hall–Kier alpha value is -1.81. The molecule has 0 spiro atoms. The average molecular weight is 449 g/mol. The maximum absolute atomic E-state index is 13.3. The van der Waals surface area contributed by atoms with Crippen LogP contribution in [0.25, 0.3) is 0 Å². The van der Waals surface area contributed by atoms with E-state index in [4.69, 9.17) is 0 Å². The largest absolute Gasteiger partial charge is 0.339 e. The van der Waals surface area contributed by atoms with Crippen LogP contribution in [0.3, 0.4) is 0 Å². The van der Waals surface area contributed by atoms with E-state index in [1.54, 1.807) is 41.7 Å². The molecule has 2 fully saturated rings. The first-order chi connectivity index (χ1) is 14.4. The van der Waals surface area contributed by atoms with E-state index in [1.165, 1.54) is 4.31 Å². The van der Waals surface area contributed by atoms with Gasteiger partial charge in [-0.3, -0.25) is 9.69 Å². The quantitative estimate of drug-likeness (QED) is 0.702. The molecular weight excluding hydrogens is 420 g/mol. The molecule has 162 valence electrons. The Morgan fingerprint density at radius 1 is 1.10 bits per heavy atom. The summed E-state index contributed by atoms with van der Waals surface area (Å²) < 4.78 is 27.8. The number of benzene rings is 1. The van der Waals surface area contributed by atoms with Gasteiger partial charge in [0.2, 0.25) is 15.9 Å². The number of aromatic nitrogens is 1. The van der Waals surface area contributed by atoms with Crippen LogP contribution >= 0.6 is 11.3 Å². The van der Waals surface area contributed by atoms with Crippen molar-refractivity contribution in [3.8, 4) is 0 Å². The fourth-order valence-corrected chi connectivity index (χ4v) is 6.49. The SMILES string of the molecule is Cc1nc(CN2CCN(C(=O)C3CCCCN3S(=O)(=O)c3ccccc3)CC2)cs1. The van der Waals surface area contributed by atoms with Gasteiger partial charge in [0.1, 0.15) is 6.04 Å². The van der Waals surface area contributed by atoms with Crippen molar-refractivity contribution >= 4 is 27.3 Å². The van der Waals surface area contributed by atoms with E-state index in [2.05, 4.69) is 15.3 Å². The second kappa shape index (κ2) is 9.13. The topological polar surface area (TPSA) is 73.8 Å². The highest BCUT2D eigenvalue weighted by Crippen LogP contribution is 2.27. The Balaban J connectivity index is 1.42. The minimum atomic E-state index is -3.68. The lowest BCUT2D eigenvalue weighted by atomic mass is 10.0. The van der Waals surface area contributed by atoms with Crippen molar-refractivity contribution in [2.24, 2.45) is 0 Å².